The Morgan fingerprint density at radius 2 is 1.80 bits per heavy atom. The van der Waals surface area contributed by atoms with Gasteiger partial charge in [0.2, 0.25) is 11.8 Å². The molecular weight excluding hydrogens is 446 g/mol. The third kappa shape index (κ3) is 6.53. The summed E-state index contributed by atoms with van der Waals surface area (Å²) in [4.78, 5) is 33.2. The smallest absolute Gasteiger partial charge is 0.222 e. The minimum absolute atomic E-state index is 0.125. The van der Waals surface area contributed by atoms with E-state index in [1.54, 1.807) is 0 Å². The number of piperazine rings is 1. The predicted molar refractivity (Wildman–Crippen MR) is 121 cm³/mol. The number of aromatic nitrogens is 1. The fraction of sp³-hybridized carbons (Fsp3) is 0.409. The van der Waals surface area contributed by atoms with Gasteiger partial charge in [0.15, 0.2) is 0 Å². The molecule has 1 aliphatic heterocycles. The number of benzene rings is 1. The summed E-state index contributed by atoms with van der Waals surface area (Å²) in [6.45, 7) is 5.88. The van der Waals surface area contributed by atoms with Gasteiger partial charge in [-0.1, -0.05) is 34.1 Å². The van der Waals surface area contributed by atoms with Crippen molar-refractivity contribution in [1.29, 1.82) is 0 Å². The molecule has 1 atom stereocenters. The number of halogens is 1. The van der Waals surface area contributed by atoms with Crippen LogP contribution < -0.4 is 15.5 Å². The lowest BCUT2D eigenvalue weighted by Crippen LogP contribution is -2.44. The second-order valence-electron chi connectivity index (χ2n) is 7.60. The maximum Gasteiger partial charge on any atom is 0.222 e. The molecule has 2 amide bonds. The fourth-order valence-electron chi connectivity index (χ4n) is 3.39. The van der Waals surface area contributed by atoms with Crippen LogP contribution in [0.15, 0.2) is 47.1 Å². The van der Waals surface area contributed by atoms with Gasteiger partial charge in [-0.3, -0.25) is 9.59 Å². The minimum atomic E-state index is -0.367. The Labute approximate surface area is 186 Å². The Balaban J connectivity index is 1.53. The average molecular weight is 474 g/mol. The van der Waals surface area contributed by atoms with Crippen molar-refractivity contribution in [3.05, 3.63) is 58.2 Å². The van der Waals surface area contributed by atoms with E-state index < -0.39 is 0 Å². The van der Waals surface area contributed by atoms with Gasteiger partial charge in [-0.15, -0.1) is 0 Å². The standard InChI is InChI=1S/C22H28BrN5O2/c1-16(29)26-20(18-4-6-19(23)7-5-18)13-22(30)25-15-17-3-8-21(24-14-17)28-11-9-27(2)10-12-28/h3-8,14,20H,9-13,15H2,1-2H3,(H,25,30)(H,26,29). The lowest BCUT2D eigenvalue weighted by molar-refractivity contribution is -0.122. The second kappa shape index (κ2) is 10.5. The summed E-state index contributed by atoms with van der Waals surface area (Å²) in [7, 11) is 2.13. The molecule has 2 aromatic rings. The Hall–Kier alpha value is -2.45. The molecule has 0 radical (unpaired) electrons. The molecule has 2 heterocycles. The molecule has 1 aromatic heterocycles. The molecule has 1 saturated heterocycles. The van der Waals surface area contributed by atoms with Crippen molar-refractivity contribution in [2.45, 2.75) is 25.9 Å². The van der Waals surface area contributed by atoms with E-state index in [4.69, 9.17) is 0 Å². The highest BCUT2D eigenvalue weighted by atomic mass is 79.9. The molecular formula is C22H28BrN5O2. The average Bonchev–Trinajstić information content (AvgIpc) is 2.73. The van der Waals surface area contributed by atoms with E-state index in [0.29, 0.717) is 6.54 Å². The van der Waals surface area contributed by atoms with Crippen molar-refractivity contribution < 1.29 is 9.59 Å². The van der Waals surface area contributed by atoms with Gasteiger partial charge < -0.3 is 20.4 Å². The third-order valence-corrected chi connectivity index (χ3v) is 5.69. The van der Waals surface area contributed by atoms with Crippen LogP contribution in [0, 0.1) is 0 Å². The largest absolute Gasteiger partial charge is 0.354 e. The highest BCUT2D eigenvalue weighted by molar-refractivity contribution is 9.10. The van der Waals surface area contributed by atoms with Gasteiger partial charge in [0.1, 0.15) is 5.82 Å². The van der Waals surface area contributed by atoms with E-state index in [-0.39, 0.29) is 24.3 Å². The summed E-state index contributed by atoms with van der Waals surface area (Å²) in [6.07, 6.45) is 1.99. The number of pyridine rings is 1. The molecule has 160 valence electrons. The number of likely N-dealkylation sites (N-methyl/N-ethyl adjacent to an activating group) is 1. The summed E-state index contributed by atoms with van der Waals surface area (Å²) < 4.78 is 0.949. The summed E-state index contributed by atoms with van der Waals surface area (Å²) in [5, 5.41) is 5.78. The monoisotopic (exact) mass is 473 g/mol. The third-order valence-electron chi connectivity index (χ3n) is 5.17. The van der Waals surface area contributed by atoms with Crippen LogP contribution in [-0.2, 0) is 16.1 Å². The van der Waals surface area contributed by atoms with Crippen molar-refractivity contribution >= 4 is 33.6 Å². The van der Waals surface area contributed by atoms with Gasteiger partial charge in [0.05, 0.1) is 12.5 Å². The zero-order valence-electron chi connectivity index (χ0n) is 17.4. The molecule has 0 saturated carbocycles. The van der Waals surface area contributed by atoms with Gasteiger partial charge in [-0.25, -0.2) is 4.98 Å². The highest BCUT2D eigenvalue weighted by Gasteiger charge is 2.18. The number of nitrogens with one attached hydrogen (secondary N) is 2. The molecule has 1 aromatic carbocycles. The first kappa shape index (κ1) is 22.2. The van der Waals surface area contributed by atoms with E-state index in [9.17, 15) is 9.59 Å². The predicted octanol–water partition coefficient (Wildman–Crippen LogP) is 2.48. The molecule has 8 heteroatoms. The number of carbonyl (C=O) groups is 2. The minimum Gasteiger partial charge on any atom is -0.354 e. The number of hydrogen-bond acceptors (Lipinski definition) is 5. The van der Waals surface area contributed by atoms with Crippen LogP contribution in [-0.4, -0.2) is 54.9 Å². The van der Waals surface area contributed by atoms with Gasteiger partial charge in [0, 0.05) is 50.3 Å². The van der Waals surface area contributed by atoms with Gasteiger partial charge in [-0.2, -0.15) is 0 Å². The van der Waals surface area contributed by atoms with Crippen molar-refractivity contribution in [3.63, 3.8) is 0 Å². The lowest BCUT2D eigenvalue weighted by Gasteiger charge is -2.33. The van der Waals surface area contributed by atoms with Gasteiger partial charge in [0.25, 0.3) is 0 Å². The first-order valence-corrected chi connectivity index (χ1v) is 10.9. The Kier molecular flexibility index (Phi) is 7.81. The van der Waals surface area contributed by atoms with E-state index >= 15 is 0 Å². The summed E-state index contributed by atoms with van der Waals surface area (Å²) in [5.74, 6) is 0.679. The molecule has 7 nitrogen and oxygen atoms in total. The van der Waals surface area contributed by atoms with Crippen LogP contribution in [0.1, 0.15) is 30.5 Å². The number of carbonyl (C=O) groups excluding carboxylic acids is 2. The van der Waals surface area contributed by atoms with Crippen LogP contribution in [0.25, 0.3) is 0 Å². The Morgan fingerprint density at radius 1 is 1.10 bits per heavy atom. The summed E-state index contributed by atoms with van der Waals surface area (Å²) in [5.41, 5.74) is 1.84. The molecule has 1 fully saturated rings. The molecule has 3 rings (SSSR count). The maximum atomic E-state index is 12.5. The molecule has 0 spiro atoms. The van der Waals surface area contributed by atoms with Gasteiger partial charge >= 0.3 is 0 Å². The number of rotatable bonds is 7. The van der Waals surface area contributed by atoms with E-state index in [0.717, 1.165) is 47.6 Å². The maximum absolute atomic E-state index is 12.5. The number of anilines is 1. The fourth-order valence-corrected chi connectivity index (χ4v) is 3.66. The van der Waals surface area contributed by atoms with Crippen LogP contribution in [0.2, 0.25) is 0 Å². The van der Waals surface area contributed by atoms with Crippen molar-refractivity contribution in [1.82, 2.24) is 20.5 Å². The molecule has 1 unspecified atom stereocenters. The van der Waals surface area contributed by atoms with Crippen LogP contribution in [0.3, 0.4) is 0 Å². The first-order chi connectivity index (χ1) is 14.4. The number of hydrogen-bond donors (Lipinski definition) is 2. The highest BCUT2D eigenvalue weighted by Crippen LogP contribution is 2.20. The first-order valence-electron chi connectivity index (χ1n) is 10.1. The number of nitrogens with zero attached hydrogens (tertiary/aromatic N) is 3. The van der Waals surface area contributed by atoms with E-state index in [2.05, 4.69) is 48.4 Å². The normalized spacial score (nSPS) is 15.5. The molecule has 2 N–H and O–H groups in total. The topological polar surface area (TPSA) is 77.6 Å². The molecule has 0 aliphatic carbocycles. The van der Waals surface area contributed by atoms with Crippen molar-refractivity contribution in [2.75, 3.05) is 38.1 Å². The Bertz CT molecular complexity index is 849. The van der Waals surface area contributed by atoms with Crippen molar-refractivity contribution in [2.24, 2.45) is 0 Å². The van der Waals surface area contributed by atoms with Crippen molar-refractivity contribution in [3.8, 4) is 0 Å². The van der Waals surface area contributed by atoms with E-state index in [1.165, 1.54) is 6.92 Å². The number of amides is 2. The lowest BCUT2D eigenvalue weighted by atomic mass is 10.0. The quantitative estimate of drug-likeness (QED) is 0.645. The zero-order chi connectivity index (χ0) is 21.5. The zero-order valence-corrected chi connectivity index (χ0v) is 19.0. The van der Waals surface area contributed by atoms with Crippen LogP contribution in [0.5, 0.6) is 0 Å². The SMILES string of the molecule is CC(=O)NC(CC(=O)NCc1ccc(N2CCN(C)CC2)nc1)c1ccc(Br)cc1. The molecule has 30 heavy (non-hydrogen) atoms. The molecule has 1 aliphatic rings. The van der Waals surface area contributed by atoms with Crippen LogP contribution >= 0.6 is 15.9 Å². The summed E-state index contributed by atoms with van der Waals surface area (Å²) >= 11 is 3.40. The summed E-state index contributed by atoms with van der Waals surface area (Å²) in [6, 6.07) is 11.2. The second-order valence-corrected chi connectivity index (χ2v) is 8.52. The van der Waals surface area contributed by atoms with Gasteiger partial charge in [-0.05, 0) is 36.4 Å². The van der Waals surface area contributed by atoms with Crippen LogP contribution in [0.4, 0.5) is 5.82 Å². The molecule has 0 bridgehead atoms. The Morgan fingerprint density at radius 3 is 2.40 bits per heavy atom. The van der Waals surface area contributed by atoms with E-state index in [1.807, 2.05) is 42.6 Å².